The molecule has 0 atom stereocenters. The number of rotatable bonds is 10. The minimum atomic E-state index is -0.230. The quantitative estimate of drug-likeness (QED) is 0.294. The predicted molar refractivity (Wildman–Crippen MR) is 140 cm³/mol. The van der Waals surface area contributed by atoms with E-state index < -0.39 is 0 Å². The van der Waals surface area contributed by atoms with Crippen molar-refractivity contribution in [3.8, 4) is 0 Å². The summed E-state index contributed by atoms with van der Waals surface area (Å²) in [4.78, 5) is 24.4. The number of nitrogens with zero attached hydrogens (tertiary/aromatic N) is 4. The van der Waals surface area contributed by atoms with Crippen molar-refractivity contribution in [2.24, 2.45) is 7.05 Å². The molecule has 0 saturated heterocycles. The van der Waals surface area contributed by atoms with Crippen LogP contribution in [0.15, 0.2) is 36.5 Å². The zero-order chi connectivity index (χ0) is 26.1. The van der Waals surface area contributed by atoms with E-state index in [1.807, 2.05) is 17.9 Å². The van der Waals surface area contributed by atoms with Gasteiger partial charge in [0.2, 0.25) is 12.3 Å². The molecule has 0 saturated carbocycles. The minimum absolute atomic E-state index is 0.0465. The van der Waals surface area contributed by atoms with Gasteiger partial charge in [0, 0.05) is 57.0 Å². The Kier molecular flexibility index (Phi) is 9.77. The zero-order valence-electron chi connectivity index (χ0n) is 21.5. The lowest BCUT2D eigenvalue weighted by Crippen LogP contribution is -2.40. The van der Waals surface area contributed by atoms with E-state index in [0.29, 0.717) is 32.6 Å². The number of halogens is 1. The van der Waals surface area contributed by atoms with Crippen LogP contribution in [0.1, 0.15) is 30.5 Å². The Bertz CT molecular complexity index is 1180. The van der Waals surface area contributed by atoms with Crippen LogP contribution in [-0.4, -0.2) is 59.8 Å². The number of likely N-dealkylation sites (N-methyl/N-ethyl adjacent to an activating group) is 2. The standard InChI is InChI=1S/C17H27N5O.C9H9FN2O/c1-5-18-7-8-19-17(23)12-22(6-2)16-10-15-14(9-13(16)3)11-21(4)20-15;10-9-2-1-7-4-12(11-6-13)5-8(7)3-9/h9-11,18H,5-8,12H2,1-4H3,(H,19,23);1-3,6H,4-5H2,(H,11,13). The largest absolute Gasteiger partial charge is 0.362 e. The number of fused-ring (bicyclic) bond motifs is 2. The Labute approximate surface area is 211 Å². The van der Waals surface area contributed by atoms with Crippen LogP contribution in [0.2, 0.25) is 0 Å². The average molecular weight is 498 g/mol. The third-order valence-electron chi connectivity index (χ3n) is 5.99. The lowest BCUT2D eigenvalue weighted by molar-refractivity contribution is -0.119. The van der Waals surface area contributed by atoms with Gasteiger partial charge >= 0.3 is 0 Å². The van der Waals surface area contributed by atoms with Gasteiger partial charge in [-0.2, -0.15) is 5.10 Å². The maximum absolute atomic E-state index is 12.8. The molecular formula is C26H36FN7O2. The summed E-state index contributed by atoms with van der Waals surface area (Å²) < 4.78 is 14.6. The normalized spacial score (nSPS) is 12.6. The second kappa shape index (κ2) is 13.0. The van der Waals surface area contributed by atoms with Gasteiger partial charge in [0.15, 0.2) is 0 Å². The third-order valence-corrected chi connectivity index (χ3v) is 5.99. The van der Waals surface area contributed by atoms with E-state index in [4.69, 9.17) is 0 Å². The van der Waals surface area contributed by atoms with Crippen LogP contribution in [-0.2, 0) is 29.7 Å². The number of carbonyl (C=O) groups is 2. The molecule has 3 aromatic rings. The van der Waals surface area contributed by atoms with Crippen LogP contribution in [0.5, 0.6) is 0 Å². The molecule has 0 aliphatic carbocycles. The van der Waals surface area contributed by atoms with Crippen molar-refractivity contribution in [3.05, 3.63) is 59.0 Å². The van der Waals surface area contributed by atoms with Gasteiger partial charge in [-0.3, -0.25) is 19.7 Å². The molecule has 4 rings (SSSR count). The number of aromatic nitrogens is 2. The molecule has 0 bridgehead atoms. The summed E-state index contributed by atoms with van der Waals surface area (Å²) in [5.41, 5.74) is 7.73. The van der Waals surface area contributed by atoms with Crippen molar-refractivity contribution in [2.75, 3.05) is 37.6 Å². The number of amides is 2. The van der Waals surface area contributed by atoms with E-state index in [1.54, 1.807) is 11.1 Å². The number of anilines is 1. The molecule has 1 aromatic heterocycles. The summed E-state index contributed by atoms with van der Waals surface area (Å²) in [6, 6.07) is 8.88. The summed E-state index contributed by atoms with van der Waals surface area (Å²) in [5, 5.41) is 13.5. The molecular weight excluding hydrogens is 461 g/mol. The van der Waals surface area contributed by atoms with Gasteiger partial charge in [-0.25, -0.2) is 9.40 Å². The maximum Gasteiger partial charge on any atom is 0.239 e. The minimum Gasteiger partial charge on any atom is -0.362 e. The van der Waals surface area contributed by atoms with E-state index >= 15 is 0 Å². The van der Waals surface area contributed by atoms with E-state index in [1.165, 1.54) is 12.1 Å². The third kappa shape index (κ3) is 7.25. The topological polar surface area (TPSA) is 94.5 Å². The molecule has 1 aliphatic rings. The van der Waals surface area contributed by atoms with Gasteiger partial charge in [0.25, 0.3) is 0 Å². The van der Waals surface area contributed by atoms with Crippen molar-refractivity contribution in [2.45, 2.75) is 33.9 Å². The lowest BCUT2D eigenvalue weighted by Gasteiger charge is -2.24. The number of benzene rings is 2. The second-order valence-corrected chi connectivity index (χ2v) is 8.73. The summed E-state index contributed by atoms with van der Waals surface area (Å²) in [6.07, 6.45) is 2.64. The molecule has 194 valence electrons. The molecule has 0 fully saturated rings. The number of aryl methyl sites for hydroxylation is 2. The molecule has 2 heterocycles. The SMILES string of the molecule is CCNCCNC(=O)CN(CC)c1cc2nn(C)cc2cc1C.O=CNN1Cc2ccc(F)cc2C1. The first-order valence-corrected chi connectivity index (χ1v) is 12.2. The van der Waals surface area contributed by atoms with Crippen LogP contribution < -0.4 is 21.0 Å². The first-order valence-electron chi connectivity index (χ1n) is 12.2. The van der Waals surface area contributed by atoms with Gasteiger partial charge in [-0.05, 0) is 61.3 Å². The Morgan fingerprint density at radius 3 is 2.67 bits per heavy atom. The summed E-state index contributed by atoms with van der Waals surface area (Å²) in [6.45, 7) is 10.9. The fraction of sp³-hybridized carbons (Fsp3) is 0.423. The molecule has 10 heteroatoms. The Hall–Kier alpha value is -3.50. The maximum atomic E-state index is 12.8. The van der Waals surface area contributed by atoms with Crippen molar-refractivity contribution in [1.29, 1.82) is 0 Å². The van der Waals surface area contributed by atoms with Crippen molar-refractivity contribution in [1.82, 2.24) is 30.8 Å². The number of carbonyl (C=O) groups excluding carboxylic acids is 2. The molecule has 3 N–H and O–H groups in total. The van der Waals surface area contributed by atoms with Crippen molar-refractivity contribution < 1.29 is 14.0 Å². The lowest BCUT2D eigenvalue weighted by atomic mass is 10.1. The van der Waals surface area contributed by atoms with E-state index in [0.717, 1.165) is 52.9 Å². The molecule has 0 spiro atoms. The summed E-state index contributed by atoms with van der Waals surface area (Å²) in [7, 11) is 1.92. The number of hydrazine groups is 1. The Morgan fingerprint density at radius 2 is 1.94 bits per heavy atom. The molecule has 9 nitrogen and oxygen atoms in total. The first-order chi connectivity index (χ1) is 17.3. The number of nitrogens with one attached hydrogen (secondary N) is 3. The van der Waals surface area contributed by atoms with E-state index in [9.17, 15) is 14.0 Å². The monoisotopic (exact) mass is 497 g/mol. The highest BCUT2D eigenvalue weighted by Crippen LogP contribution is 2.26. The molecule has 1 aliphatic heterocycles. The molecule has 2 amide bonds. The predicted octanol–water partition coefficient (Wildman–Crippen LogP) is 2.24. The van der Waals surface area contributed by atoms with Crippen molar-refractivity contribution >= 4 is 28.9 Å². The van der Waals surface area contributed by atoms with Gasteiger partial charge < -0.3 is 15.5 Å². The molecule has 36 heavy (non-hydrogen) atoms. The number of hydrogen-bond acceptors (Lipinski definition) is 6. The Morgan fingerprint density at radius 1 is 1.17 bits per heavy atom. The van der Waals surface area contributed by atoms with E-state index in [-0.39, 0.29) is 11.7 Å². The van der Waals surface area contributed by atoms with E-state index in [2.05, 4.69) is 59.0 Å². The Balaban J connectivity index is 0.000000233. The van der Waals surface area contributed by atoms with Gasteiger partial charge in [0.05, 0.1) is 12.1 Å². The zero-order valence-corrected chi connectivity index (χ0v) is 21.5. The number of hydrogen-bond donors (Lipinski definition) is 3. The fourth-order valence-electron chi connectivity index (χ4n) is 4.23. The molecule has 0 unspecified atom stereocenters. The molecule has 0 radical (unpaired) electrons. The fourth-order valence-corrected chi connectivity index (χ4v) is 4.23. The van der Waals surface area contributed by atoms with Crippen LogP contribution in [0.3, 0.4) is 0 Å². The highest BCUT2D eigenvalue weighted by Gasteiger charge is 2.18. The van der Waals surface area contributed by atoms with Crippen LogP contribution in [0.25, 0.3) is 10.9 Å². The van der Waals surface area contributed by atoms with Gasteiger partial charge in [-0.1, -0.05) is 13.0 Å². The van der Waals surface area contributed by atoms with Crippen molar-refractivity contribution in [3.63, 3.8) is 0 Å². The summed E-state index contributed by atoms with van der Waals surface area (Å²) >= 11 is 0. The van der Waals surface area contributed by atoms with Gasteiger partial charge in [0.1, 0.15) is 5.82 Å². The smallest absolute Gasteiger partial charge is 0.239 e. The highest BCUT2D eigenvalue weighted by molar-refractivity contribution is 5.86. The van der Waals surface area contributed by atoms with Crippen LogP contribution >= 0.6 is 0 Å². The second-order valence-electron chi connectivity index (χ2n) is 8.73. The molecule has 2 aromatic carbocycles. The van der Waals surface area contributed by atoms with Crippen LogP contribution in [0.4, 0.5) is 10.1 Å². The van der Waals surface area contributed by atoms with Gasteiger partial charge in [-0.15, -0.1) is 0 Å². The average Bonchev–Trinajstić information content (AvgIpc) is 3.41. The summed E-state index contributed by atoms with van der Waals surface area (Å²) in [5.74, 6) is -0.183. The first kappa shape index (κ1) is 27.1. The van der Waals surface area contributed by atoms with Crippen LogP contribution in [0, 0.1) is 12.7 Å². The highest BCUT2D eigenvalue weighted by atomic mass is 19.1.